The van der Waals surface area contributed by atoms with E-state index in [1.807, 2.05) is 6.07 Å². The van der Waals surface area contributed by atoms with Crippen molar-refractivity contribution in [2.75, 3.05) is 27.2 Å². The van der Waals surface area contributed by atoms with Gasteiger partial charge in [-0.3, -0.25) is 0 Å². The summed E-state index contributed by atoms with van der Waals surface area (Å²) in [5, 5.41) is 10.7. The fraction of sp³-hybridized carbons (Fsp3) is 0.600. The first kappa shape index (κ1) is 14.3. The van der Waals surface area contributed by atoms with Gasteiger partial charge in [-0.15, -0.1) is 0 Å². The van der Waals surface area contributed by atoms with E-state index in [9.17, 15) is 9.50 Å². The van der Waals surface area contributed by atoms with Crippen molar-refractivity contribution in [3.05, 3.63) is 29.6 Å². The molecule has 0 saturated carbocycles. The smallest absolute Gasteiger partial charge is 0.165 e. The van der Waals surface area contributed by atoms with E-state index in [-0.39, 0.29) is 11.6 Å². The van der Waals surface area contributed by atoms with Crippen LogP contribution < -0.4 is 4.74 Å². The Morgan fingerprint density at radius 3 is 2.84 bits per heavy atom. The van der Waals surface area contributed by atoms with Gasteiger partial charge in [-0.25, -0.2) is 4.39 Å². The minimum atomic E-state index is -0.716. The zero-order chi connectivity index (χ0) is 13.9. The Balaban J connectivity index is 2.09. The number of likely N-dealkylation sites (tertiary alicyclic amines) is 1. The van der Waals surface area contributed by atoms with Crippen LogP contribution in [0.5, 0.6) is 5.75 Å². The molecule has 19 heavy (non-hydrogen) atoms. The summed E-state index contributed by atoms with van der Waals surface area (Å²) in [6.07, 6.45) is 2.98. The van der Waals surface area contributed by atoms with Gasteiger partial charge in [0.15, 0.2) is 11.6 Å². The van der Waals surface area contributed by atoms with Crippen LogP contribution in [0.1, 0.15) is 24.8 Å². The zero-order valence-electron chi connectivity index (χ0n) is 11.7. The van der Waals surface area contributed by atoms with Gasteiger partial charge >= 0.3 is 0 Å². The van der Waals surface area contributed by atoms with E-state index in [4.69, 9.17) is 4.74 Å². The van der Waals surface area contributed by atoms with Gasteiger partial charge in [0, 0.05) is 13.0 Å². The van der Waals surface area contributed by atoms with Crippen LogP contribution in [0.4, 0.5) is 4.39 Å². The van der Waals surface area contributed by atoms with Crippen LogP contribution in [0.3, 0.4) is 0 Å². The lowest BCUT2D eigenvalue weighted by Crippen LogP contribution is -2.32. The van der Waals surface area contributed by atoms with E-state index in [0.29, 0.717) is 6.42 Å². The summed E-state index contributed by atoms with van der Waals surface area (Å²) in [7, 11) is 3.52. The molecule has 4 heteroatoms. The highest BCUT2D eigenvalue weighted by Crippen LogP contribution is 2.27. The standard InChI is InChI=1S/C15H22FNO2/c1-17-8-3-6-15(18,7-9-17)11-12-4-5-14(19-2)13(16)10-12/h4-5,10,18H,3,6-9,11H2,1-2H3. The fourth-order valence-corrected chi connectivity index (χ4v) is 2.69. The van der Waals surface area contributed by atoms with Gasteiger partial charge in [-0.05, 0) is 50.6 Å². The average molecular weight is 267 g/mol. The second-order valence-electron chi connectivity index (χ2n) is 5.53. The van der Waals surface area contributed by atoms with Crippen LogP contribution in [0.15, 0.2) is 18.2 Å². The SMILES string of the molecule is COc1ccc(CC2(O)CCCN(C)CC2)cc1F. The number of aliphatic hydroxyl groups is 1. The summed E-state index contributed by atoms with van der Waals surface area (Å²) in [5.41, 5.74) is 0.108. The third-order valence-corrected chi connectivity index (χ3v) is 3.89. The van der Waals surface area contributed by atoms with Gasteiger partial charge in [0.25, 0.3) is 0 Å². The number of ether oxygens (including phenoxy) is 1. The van der Waals surface area contributed by atoms with Crippen LogP contribution in [0.25, 0.3) is 0 Å². The molecule has 1 N–H and O–H groups in total. The molecule has 1 heterocycles. The molecule has 1 aromatic rings. The molecule has 2 rings (SSSR count). The number of methoxy groups -OCH3 is 1. The van der Waals surface area contributed by atoms with Crippen LogP contribution in [0.2, 0.25) is 0 Å². The van der Waals surface area contributed by atoms with Crippen molar-refractivity contribution < 1.29 is 14.2 Å². The Bertz CT molecular complexity index is 438. The van der Waals surface area contributed by atoms with Crippen molar-refractivity contribution in [3.8, 4) is 5.75 Å². The van der Waals surface area contributed by atoms with Crippen LogP contribution in [-0.2, 0) is 6.42 Å². The number of hydrogen-bond acceptors (Lipinski definition) is 3. The Morgan fingerprint density at radius 2 is 2.16 bits per heavy atom. The van der Waals surface area contributed by atoms with E-state index in [1.54, 1.807) is 6.07 Å². The van der Waals surface area contributed by atoms with Gasteiger partial charge < -0.3 is 14.7 Å². The zero-order valence-corrected chi connectivity index (χ0v) is 11.7. The van der Waals surface area contributed by atoms with Crippen molar-refractivity contribution >= 4 is 0 Å². The summed E-state index contributed by atoms with van der Waals surface area (Å²) in [4.78, 5) is 2.23. The molecule has 0 bridgehead atoms. The fourth-order valence-electron chi connectivity index (χ4n) is 2.69. The summed E-state index contributed by atoms with van der Waals surface area (Å²) in [6, 6.07) is 4.91. The second kappa shape index (κ2) is 5.88. The van der Waals surface area contributed by atoms with Gasteiger partial charge in [-0.2, -0.15) is 0 Å². The maximum atomic E-state index is 13.7. The normalized spacial score (nSPS) is 25.1. The van der Waals surface area contributed by atoms with E-state index >= 15 is 0 Å². The van der Waals surface area contributed by atoms with Gasteiger partial charge in [0.05, 0.1) is 12.7 Å². The van der Waals surface area contributed by atoms with Gasteiger partial charge in [0.1, 0.15) is 0 Å². The van der Waals surface area contributed by atoms with Crippen LogP contribution in [0, 0.1) is 5.82 Å². The largest absolute Gasteiger partial charge is 0.494 e. The summed E-state index contributed by atoms with van der Waals surface area (Å²) in [6.45, 7) is 1.90. The molecule has 1 aliphatic heterocycles. The lowest BCUT2D eigenvalue weighted by atomic mass is 9.88. The molecule has 1 saturated heterocycles. The average Bonchev–Trinajstić information content (AvgIpc) is 2.52. The van der Waals surface area contributed by atoms with Crippen LogP contribution >= 0.6 is 0 Å². The highest BCUT2D eigenvalue weighted by Gasteiger charge is 2.29. The molecule has 0 radical (unpaired) electrons. The Hall–Kier alpha value is -1.13. The van der Waals surface area contributed by atoms with E-state index < -0.39 is 5.60 Å². The Labute approximate surface area is 114 Å². The monoisotopic (exact) mass is 267 g/mol. The maximum Gasteiger partial charge on any atom is 0.165 e. The number of rotatable bonds is 3. The maximum absolute atomic E-state index is 13.7. The summed E-state index contributed by atoms with van der Waals surface area (Å²) >= 11 is 0. The molecule has 1 atom stereocenters. The number of hydrogen-bond donors (Lipinski definition) is 1. The minimum Gasteiger partial charge on any atom is -0.494 e. The van der Waals surface area contributed by atoms with Crippen LogP contribution in [-0.4, -0.2) is 42.9 Å². The van der Waals surface area contributed by atoms with Crippen molar-refractivity contribution in [1.29, 1.82) is 0 Å². The first-order valence-corrected chi connectivity index (χ1v) is 6.76. The Morgan fingerprint density at radius 1 is 1.37 bits per heavy atom. The number of benzene rings is 1. The highest BCUT2D eigenvalue weighted by atomic mass is 19.1. The lowest BCUT2D eigenvalue weighted by Gasteiger charge is -2.26. The molecule has 1 aliphatic rings. The van der Waals surface area contributed by atoms with Crippen molar-refractivity contribution in [2.45, 2.75) is 31.3 Å². The first-order chi connectivity index (χ1) is 9.02. The lowest BCUT2D eigenvalue weighted by molar-refractivity contribution is 0.0262. The van der Waals surface area contributed by atoms with Gasteiger partial charge in [-0.1, -0.05) is 6.07 Å². The van der Waals surface area contributed by atoms with Crippen molar-refractivity contribution in [2.24, 2.45) is 0 Å². The second-order valence-corrected chi connectivity index (χ2v) is 5.53. The highest BCUT2D eigenvalue weighted by molar-refractivity contribution is 5.30. The molecule has 0 spiro atoms. The predicted octanol–water partition coefficient (Wildman–Crippen LogP) is 2.22. The third kappa shape index (κ3) is 3.67. The molecular weight excluding hydrogens is 245 g/mol. The molecule has 0 amide bonds. The number of nitrogens with zero attached hydrogens (tertiary/aromatic N) is 1. The third-order valence-electron chi connectivity index (χ3n) is 3.89. The number of halogens is 1. The van der Waals surface area contributed by atoms with E-state index in [0.717, 1.165) is 37.9 Å². The topological polar surface area (TPSA) is 32.7 Å². The molecule has 1 aromatic carbocycles. The van der Waals surface area contributed by atoms with E-state index in [1.165, 1.54) is 13.2 Å². The van der Waals surface area contributed by atoms with Crippen molar-refractivity contribution in [1.82, 2.24) is 4.90 Å². The first-order valence-electron chi connectivity index (χ1n) is 6.76. The molecular formula is C15H22FNO2. The van der Waals surface area contributed by atoms with E-state index in [2.05, 4.69) is 11.9 Å². The molecule has 106 valence electrons. The summed E-state index contributed by atoms with van der Waals surface area (Å²) in [5.74, 6) is -0.120. The molecule has 1 unspecified atom stereocenters. The molecule has 3 nitrogen and oxygen atoms in total. The quantitative estimate of drug-likeness (QED) is 0.911. The molecule has 0 aliphatic carbocycles. The minimum absolute atomic E-state index is 0.247. The van der Waals surface area contributed by atoms with Gasteiger partial charge in [0.2, 0.25) is 0 Å². The predicted molar refractivity (Wildman–Crippen MR) is 73.0 cm³/mol. The molecule has 1 fully saturated rings. The summed E-state index contributed by atoms with van der Waals surface area (Å²) < 4.78 is 18.6. The molecule has 0 aromatic heterocycles. The van der Waals surface area contributed by atoms with Crippen molar-refractivity contribution in [3.63, 3.8) is 0 Å². The Kier molecular flexibility index (Phi) is 4.42.